The molecule has 1 heterocycles. The maximum Gasteiger partial charge on any atom is 0.0825 e. The molecule has 14 heavy (non-hydrogen) atoms. The van der Waals surface area contributed by atoms with Crippen LogP contribution in [-0.2, 0) is 0 Å². The Balaban J connectivity index is 2.95. The lowest BCUT2D eigenvalue weighted by Gasteiger charge is -2.06. The average Bonchev–Trinajstić information content (AvgIpc) is 2.12. The summed E-state index contributed by atoms with van der Waals surface area (Å²) < 4.78 is 0.985. The Morgan fingerprint density at radius 1 is 1.43 bits per heavy atom. The standard InChI is InChI=1S/C10H8BrClN2/c1-5-2-6(11)3-7-9(13)8(12)4-14-10(5)7/h2-4H,1H3,(H2,13,14). The fourth-order valence-corrected chi connectivity index (χ4v) is 2.15. The van der Waals surface area contributed by atoms with Crippen LogP contribution in [0.3, 0.4) is 0 Å². The summed E-state index contributed by atoms with van der Waals surface area (Å²) in [6.45, 7) is 1.99. The molecule has 1 aromatic heterocycles. The van der Waals surface area contributed by atoms with Crippen molar-refractivity contribution in [1.82, 2.24) is 4.98 Å². The summed E-state index contributed by atoms with van der Waals surface area (Å²) in [7, 11) is 0. The predicted molar refractivity (Wildman–Crippen MR) is 63.6 cm³/mol. The van der Waals surface area contributed by atoms with Crippen molar-refractivity contribution in [1.29, 1.82) is 0 Å². The van der Waals surface area contributed by atoms with Crippen LogP contribution in [0.15, 0.2) is 22.8 Å². The smallest absolute Gasteiger partial charge is 0.0825 e. The molecule has 0 aliphatic heterocycles. The van der Waals surface area contributed by atoms with E-state index >= 15 is 0 Å². The SMILES string of the molecule is Cc1cc(Br)cc2c(N)c(Cl)cnc12. The van der Waals surface area contributed by atoms with E-state index in [4.69, 9.17) is 17.3 Å². The van der Waals surface area contributed by atoms with E-state index in [9.17, 15) is 0 Å². The lowest BCUT2D eigenvalue weighted by Crippen LogP contribution is -1.92. The van der Waals surface area contributed by atoms with Crippen molar-refractivity contribution < 1.29 is 0 Å². The Morgan fingerprint density at radius 2 is 2.14 bits per heavy atom. The second-order valence-corrected chi connectivity index (χ2v) is 4.46. The maximum absolute atomic E-state index is 5.89. The van der Waals surface area contributed by atoms with Crippen LogP contribution in [0.25, 0.3) is 10.9 Å². The van der Waals surface area contributed by atoms with Crippen molar-refractivity contribution in [2.24, 2.45) is 0 Å². The summed E-state index contributed by atoms with van der Waals surface area (Å²) in [5.74, 6) is 0. The van der Waals surface area contributed by atoms with Gasteiger partial charge in [0.2, 0.25) is 0 Å². The number of nitrogens with two attached hydrogens (primary N) is 1. The Morgan fingerprint density at radius 3 is 2.86 bits per heavy atom. The number of nitrogens with zero attached hydrogens (tertiary/aromatic N) is 1. The van der Waals surface area contributed by atoms with Gasteiger partial charge in [-0.3, -0.25) is 4.98 Å². The largest absolute Gasteiger partial charge is 0.397 e. The van der Waals surface area contributed by atoms with Gasteiger partial charge < -0.3 is 5.73 Å². The second-order valence-electron chi connectivity index (χ2n) is 3.14. The molecule has 2 N–H and O–H groups in total. The Kier molecular flexibility index (Phi) is 2.37. The third-order valence-corrected chi connectivity index (χ3v) is 2.88. The van der Waals surface area contributed by atoms with E-state index in [-0.39, 0.29) is 0 Å². The van der Waals surface area contributed by atoms with Gasteiger partial charge >= 0.3 is 0 Å². The highest BCUT2D eigenvalue weighted by atomic mass is 79.9. The van der Waals surface area contributed by atoms with Crippen molar-refractivity contribution in [2.75, 3.05) is 5.73 Å². The minimum atomic E-state index is 0.495. The number of nitrogen functional groups attached to an aromatic ring is 1. The fraction of sp³-hybridized carbons (Fsp3) is 0.100. The third kappa shape index (κ3) is 1.47. The summed E-state index contributed by atoms with van der Waals surface area (Å²) in [5.41, 5.74) is 8.43. The van der Waals surface area contributed by atoms with Crippen LogP contribution in [-0.4, -0.2) is 4.98 Å². The van der Waals surface area contributed by atoms with Crippen LogP contribution in [0.1, 0.15) is 5.56 Å². The first-order valence-electron chi connectivity index (χ1n) is 4.09. The van der Waals surface area contributed by atoms with Crippen LogP contribution in [0.4, 0.5) is 5.69 Å². The molecule has 0 atom stereocenters. The Bertz CT molecular complexity index is 511. The van der Waals surface area contributed by atoms with E-state index in [1.54, 1.807) is 6.20 Å². The van der Waals surface area contributed by atoms with Gasteiger partial charge in [0.05, 0.1) is 16.2 Å². The minimum Gasteiger partial charge on any atom is -0.397 e. The molecule has 2 rings (SSSR count). The van der Waals surface area contributed by atoms with Crippen molar-refractivity contribution in [3.8, 4) is 0 Å². The van der Waals surface area contributed by atoms with Gasteiger partial charge in [0.25, 0.3) is 0 Å². The second kappa shape index (κ2) is 3.41. The number of halogens is 2. The molecule has 0 bridgehead atoms. The number of pyridine rings is 1. The number of fused-ring (bicyclic) bond motifs is 1. The Hall–Kier alpha value is -0.800. The summed E-state index contributed by atoms with van der Waals surface area (Å²) in [6.07, 6.45) is 1.58. The van der Waals surface area contributed by atoms with Crippen LogP contribution in [0, 0.1) is 6.92 Å². The molecule has 0 amide bonds. The summed E-state index contributed by atoms with van der Waals surface area (Å²) in [4.78, 5) is 4.25. The number of aryl methyl sites for hydroxylation is 1. The highest BCUT2D eigenvalue weighted by Crippen LogP contribution is 2.30. The van der Waals surface area contributed by atoms with Gasteiger partial charge in [0.15, 0.2) is 0 Å². The molecule has 1 aromatic carbocycles. The van der Waals surface area contributed by atoms with Crippen molar-refractivity contribution >= 4 is 44.1 Å². The Labute approximate surface area is 95.2 Å². The number of rotatable bonds is 0. The first kappa shape index (κ1) is 9.74. The monoisotopic (exact) mass is 270 g/mol. The third-order valence-electron chi connectivity index (χ3n) is 2.12. The number of anilines is 1. The first-order chi connectivity index (χ1) is 6.59. The van der Waals surface area contributed by atoms with Gasteiger partial charge in [-0.15, -0.1) is 0 Å². The molecule has 2 nitrogen and oxygen atoms in total. The zero-order valence-corrected chi connectivity index (χ0v) is 9.85. The van der Waals surface area contributed by atoms with Gasteiger partial charge in [0.1, 0.15) is 0 Å². The van der Waals surface area contributed by atoms with E-state index in [2.05, 4.69) is 20.9 Å². The molecule has 0 saturated carbocycles. The lowest BCUT2D eigenvalue weighted by atomic mass is 10.1. The summed E-state index contributed by atoms with van der Waals surface area (Å²) in [5, 5.41) is 1.39. The van der Waals surface area contributed by atoms with E-state index in [0.29, 0.717) is 10.7 Å². The molecule has 0 spiro atoms. The van der Waals surface area contributed by atoms with Crippen LogP contribution in [0.2, 0.25) is 5.02 Å². The summed E-state index contributed by atoms with van der Waals surface area (Å²) in [6, 6.07) is 3.93. The van der Waals surface area contributed by atoms with Gasteiger partial charge in [-0.2, -0.15) is 0 Å². The normalized spacial score (nSPS) is 10.8. The molecule has 0 unspecified atom stereocenters. The van der Waals surface area contributed by atoms with E-state index < -0.39 is 0 Å². The summed E-state index contributed by atoms with van der Waals surface area (Å²) >= 11 is 9.31. The number of benzene rings is 1. The average molecular weight is 272 g/mol. The van der Waals surface area contributed by atoms with Crippen molar-refractivity contribution in [2.45, 2.75) is 6.92 Å². The minimum absolute atomic E-state index is 0.495. The molecule has 72 valence electrons. The predicted octanol–water partition coefficient (Wildman–Crippen LogP) is 3.54. The van der Waals surface area contributed by atoms with Gasteiger partial charge in [-0.05, 0) is 24.6 Å². The van der Waals surface area contributed by atoms with E-state index in [0.717, 1.165) is 20.9 Å². The van der Waals surface area contributed by atoms with Gasteiger partial charge in [-0.25, -0.2) is 0 Å². The number of aromatic nitrogens is 1. The van der Waals surface area contributed by atoms with Crippen molar-refractivity contribution in [3.63, 3.8) is 0 Å². The van der Waals surface area contributed by atoms with Crippen LogP contribution in [0.5, 0.6) is 0 Å². The fourth-order valence-electron chi connectivity index (χ4n) is 1.43. The topological polar surface area (TPSA) is 38.9 Å². The molecular formula is C10H8BrClN2. The maximum atomic E-state index is 5.89. The van der Waals surface area contributed by atoms with Crippen molar-refractivity contribution in [3.05, 3.63) is 33.4 Å². The molecule has 2 aromatic rings. The molecule has 0 fully saturated rings. The molecule has 0 saturated heterocycles. The molecule has 0 radical (unpaired) electrons. The molecular weight excluding hydrogens is 263 g/mol. The number of hydrogen-bond acceptors (Lipinski definition) is 2. The number of hydrogen-bond donors (Lipinski definition) is 1. The van der Waals surface area contributed by atoms with E-state index in [1.807, 2.05) is 19.1 Å². The highest BCUT2D eigenvalue weighted by Gasteiger charge is 2.06. The molecule has 0 aliphatic rings. The van der Waals surface area contributed by atoms with Crippen LogP contribution < -0.4 is 5.73 Å². The molecule has 0 aliphatic carbocycles. The zero-order valence-electron chi connectivity index (χ0n) is 7.51. The lowest BCUT2D eigenvalue weighted by molar-refractivity contribution is 1.36. The molecule has 4 heteroatoms. The van der Waals surface area contributed by atoms with Crippen LogP contribution >= 0.6 is 27.5 Å². The highest BCUT2D eigenvalue weighted by molar-refractivity contribution is 9.10. The quantitative estimate of drug-likeness (QED) is 0.796. The van der Waals surface area contributed by atoms with E-state index in [1.165, 1.54) is 0 Å². The van der Waals surface area contributed by atoms with Gasteiger partial charge in [0, 0.05) is 16.1 Å². The first-order valence-corrected chi connectivity index (χ1v) is 5.26. The zero-order chi connectivity index (χ0) is 10.3. The van der Waals surface area contributed by atoms with Gasteiger partial charge in [-0.1, -0.05) is 27.5 Å².